The fraction of sp³-hybridized carbons (Fsp3) is 0.750. The van der Waals surface area contributed by atoms with Gasteiger partial charge in [0.15, 0.2) is 5.69 Å². The lowest BCUT2D eigenvalue weighted by Gasteiger charge is -2.40. The van der Waals surface area contributed by atoms with Gasteiger partial charge in [0.2, 0.25) is 0 Å². The zero-order valence-electron chi connectivity index (χ0n) is 13.8. The lowest BCUT2D eigenvalue weighted by Crippen LogP contribution is -2.49. The largest absolute Gasteiger partial charge is 0.378 e. The summed E-state index contributed by atoms with van der Waals surface area (Å²) in [5.41, 5.74) is 2.51. The molecule has 0 radical (unpaired) electrons. The number of ether oxygens (including phenoxy) is 2. The molecule has 1 aliphatic heterocycles. The van der Waals surface area contributed by atoms with Crippen LogP contribution in [0.2, 0.25) is 0 Å². The molecule has 2 heterocycles. The van der Waals surface area contributed by atoms with Crippen LogP contribution in [-0.4, -0.2) is 52.9 Å². The third-order valence-electron chi connectivity index (χ3n) is 4.78. The number of carbonyl (C=O) groups excluding carboxylic acids is 1. The number of rotatable bonds is 4. The number of nitrogens with one attached hydrogen (secondary N) is 1. The summed E-state index contributed by atoms with van der Waals surface area (Å²) in [6.07, 6.45) is 2.94. The van der Waals surface area contributed by atoms with E-state index >= 15 is 0 Å². The molecular formula is C16H25N3O3. The van der Waals surface area contributed by atoms with Gasteiger partial charge in [-0.05, 0) is 33.6 Å². The Balaban J connectivity index is 1.71. The molecule has 2 atom stereocenters. The number of hydrogen-bond acceptors (Lipinski definition) is 4. The monoisotopic (exact) mass is 307 g/mol. The lowest BCUT2D eigenvalue weighted by atomic mass is 9.87. The van der Waals surface area contributed by atoms with Crippen molar-refractivity contribution < 1.29 is 14.3 Å². The Labute approximate surface area is 131 Å². The maximum absolute atomic E-state index is 12.8. The molecule has 0 unspecified atom stereocenters. The summed E-state index contributed by atoms with van der Waals surface area (Å²) in [6, 6.07) is 0.256. The normalized spacial score (nSPS) is 30.5. The zero-order valence-corrected chi connectivity index (χ0v) is 13.8. The van der Waals surface area contributed by atoms with E-state index in [0.717, 1.165) is 37.1 Å². The van der Waals surface area contributed by atoms with Crippen LogP contribution < -0.4 is 0 Å². The van der Waals surface area contributed by atoms with Gasteiger partial charge in [-0.3, -0.25) is 9.89 Å². The molecule has 2 aliphatic rings. The molecule has 122 valence electrons. The molecule has 6 nitrogen and oxygen atoms in total. The van der Waals surface area contributed by atoms with Gasteiger partial charge in [0.05, 0.1) is 24.0 Å². The molecule has 0 aromatic carbocycles. The average molecular weight is 307 g/mol. The van der Waals surface area contributed by atoms with Crippen LogP contribution in [0.3, 0.4) is 0 Å². The summed E-state index contributed by atoms with van der Waals surface area (Å²) in [5.74, 6) is -0.00116. The second kappa shape index (κ2) is 6.01. The topological polar surface area (TPSA) is 67.5 Å². The summed E-state index contributed by atoms with van der Waals surface area (Å²) < 4.78 is 11.3. The van der Waals surface area contributed by atoms with Gasteiger partial charge in [-0.1, -0.05) is 0 Å². The number of hydrogen-bond donors (Lipinski definition) is 1. The Kier molecular flexibility index (Phi) is 4.23. The predicted octanol–water partition coefficient (Wildman–Crippen LogP) is 2.07. The van der Waals surface area contributed by atoms with Crippen LogP contribution in [0.5, 0.6) is 0 Å². The maximum Gasteiger partial charge on any atom is 0.274 e. The SMILES string of the molecule is CCOC1CC(N(C)C(=O)c2n[nH]c3c2C[C@H](C)O[C@@H]3C)C1. The first-order chi connectivity index (χ1) is 10.5. The van der Waals surface area contributed by atoms with Crippen LogP contribution >= 0.6 is 0 Å². The second-order valence-corrected chi connectivity index (χ2v) is 6.38. The highest BCUT2D eigenvalue weighted by molar-refractivity contribution is 5.94. The van der Waals surface area contributed by atoms with Gasteiger partial charge in [0.1, 0.15) is 0 Å². The first-order valence-corrected chi connectivity index (χ1v) is 8.12. The Morgan fingerprint density at radius 3 is 2.86 bits per heavy atom. The van der Waals surface area contributed by atoms with Crippen LogP contribution in [0.15, 0.2) is 0 Å². The summed E-state index contributed by atoms with van der Waals surface area (Å²) in [6.45, 7) is 6.76. The van der Waals surface area contributed by atoms with Crippen molar-refractivity contribution in [3.05, 3.63) is 17.0 Å². The van der Waals surface area contributed by atoms with Crippen LogP contribution in [0.1, 0.15) is 61.5 Å². The van der Waals surface area contributed by atoms with Crippen molar-refractivity contribution in [2.24, 2.45) is 0 Å². The first kappa shape index (κ1) is 15.5. The number of aromatic amines is 1. The van der Waals surface area contributed by atoms with Crippen molar-refractivity contribution in [2.45, 2.75) is 64.4 Å². The molecule has 0 spiro atoms. The van der Waals surface area contributed by atoms with E-state index in [0.29, 0.717) is 11.8 Å². The minimum atomic E-state index is -0.0378. The molecule has 0 bridgehead atoms. The van der Waals surface area contributed by atoms with Gasteiger partial charge >= 0.3 is 0 Å². The Bertz CT molecular complexity index is 551. The molecule has 1 N–H and O–H groups in total. The highest BCUT2D eigenvalue weighted by Crippen LogP contribution is 2.32. The van der Waals surface area contributed by atoms with E-state index in [1.165, 1.54) is 0 Å². The summed E-state index contributed by atoms with van der Waals surface area (Å²) in [7, 11) is 1.86. The maximum atomic E-state index is 12.8. The van der Waals surface area contributed by atoms with Crippen LogP contribution in [0.25, 0.3) is 0 Å². The van der Waals surface area contributed by atoms with Crippen molar-refractivity contribution >= 4 is 5.91 Å². The number of amides is 1. The highest BCUT2D eigenvalue weighted by atomic mass is 16.5. The van der Waals surface area contributed by atoms with Crippen LogP contribution in [0, 0.1) is 0 Å². The average Bonchev–Trinajstić information content (AvgIpc) is 2.84. The molecule has 1 aliphatic carbocycles. The van der Waals surface area contributed by atoms with Crippen molar-refractivity contribution in [1.82, 2.24) is 15.1 Å². The molecule has 22 heavy (non-hydrogen) atoms. The molecule has 0 saturated heterocycles. The number of aromatic nitrogens is 2. The van der Waals surface area contributed by atoms with Crippen LogP contribution in [-0.2, 0) is 15.9 Å². The standard InChI is InChI=1S/C16H25N3O3/c1-5-21-12-7-11(8-12)19(4)16(20)15-13-6-9(2)22-10(3)14(13)17-18-15/h9-12H,5-8H2,1-4H3,(H,17,18)/t9-,10+,11?,12?/m0/s1. The van der Waals surface area contributed by atoms with Gasteiger partial charge in [0, 0.05) is 31.7 Å². The number of fused-ring (bicyclic) bond motifs is 1. The van der Waals surface area contributed by atoms with E-state index in [9.17, 15) is 4.79 Å². The van der Waals surface area contributed by atoms with E-state index in [-0.39, 0.29) is 24.2 Å². The van der Waals surface area contributed by atoms with Crippen molar-refractivity contribution in [2.75, 3.05) is 13.7 Å². The molecule has 6 heteroatoms. The van der Waals surface area contributed by atoms with Crippen molar-refractivity contribution in [3.8, 4) is 0 Å². The Morgan fingerprint density at radius 2 is 2.18 bits per heavy atom. The summed E-state index contributed by atoms with van der Waals surface area (Å²) >= 11 is 0. The van der Waals surface area contributed by atoms with Crippen LogP contribution in [0.4, 0.5) is 0 Å². The molecule has 3 rings (SSSR count). The lowest BCUT2D eigenvalue weighted by molar-refractivity contribution is -0.0346. The van der Waals surface area contributed by atoms with E-state index in [1.807, 2.05) is 32.7 Å². The fourth-order valence-electron chi connectivity index (χ4n) is 3.41. The molecule has 1 saturated carbocycles. The van der Waals surface area contributed by atoms with E-state index in [4.69, 9.17) is 9.47 Å². The predicted molar refractivity (Wildman–Crippen MR) is 81.8 cm³/mol. The van der Waals surface area contributed by atoms with Gasteiger partial charge < -0.3 is 14.4 Å². The van der Waals surface area contributed by atoms with E-state index in [1.54, 1.807) is 0 Å². The molecule has 1 amide bonds. The van der Waals surface area contributed by atoms with Crippen molar-refractivity contribution in [1.29, 1.82) is 0 Å². The number of nitrogens with zero attached hydrogens (tertiary/aromatic N) is 2. The van der Waals surface area contributed by atoms with E-state index in [2.05, 4.69) is 10.2 Å². The Morgan fingerprint density at radius 1 is 1.45 bits per heavy atom. The smallest absolute Gasteiger partial charge is 0.274 e. The molecule has 1 fully saturated rings. The van der Waals surface area contributed by atoms with Gasteiger partial charge in [-0.15, -0.1) is 0 Å². The second-order valence-electron chi connectivity index (χ2n) is 6.38. The molecule has 1 aromatic rings. The highest BCUT2D eigenvalue weighted by Gasteiger charge is 2.37. The third-order valence-corrected chi connectivity index (χ3v) is 4.78. The quantitative estimate of drug-likeness (QED) is 0.924. The number of H-pyrrole nitrogens is 1. The van der Waals surface area contributed by atoms with E-state index < -0.39 is 0 Å². The minimum Gasteiger partial charge on any atom is -0.378 e. The summed E-state index contributed by atoms with van der Waals surface area (Å²) in [5, 5.41) is 7.26. The Hall–Kier alpha value is -1.40. The van der Waals surface area contributed by atoms with Gasteiger partial charge in [-0.25, -0.2) is 0 Å². The summed E-state index contributed by atoms with van der Waals surface area (Å²) in [4.78, 5) is 14.6. The fourth-order valence-corrected chi connectivity index (χ4v) is 3.41. The molecular weight excluding hydrogens is 282 g/mol. The van der Waals surface area contributed by atoms with Crippen molar-refractivity contribution in [3.63, 3.8) is 0 Å². The minimum absolute atomic E-state index is 0.00116. The van der Waals surface area contributed by atoms with Gasteiger partial charge in [-0.2, -0.15) is 5.10 Å². The third kappa shape index (κ3) is 2.65. The van der Waals surface area contributed by atoms with Gasteiger partial charge in [0.25, 0.3) is 5.91 Å². The molecule has 1 aromatic heterocycles. The number of carbonyl (C=O) groups is 1. The zero-order chi connectivity index (χ0) is 15.9. The first-order valence-electron chi connectivity index (χ1n) is 8.12.